The second-order valence-electron chi connectivity index (χ2n) is 7.22. The van der Waals surface area contributed by atoms with Gasteiger partial charge in [-0.1, -0.05) is 37.3 Å². The number of esters is 1. The number of aromatic amines is 1. The number of anilines is 1. The third kappa shape index (κ3) is 4.30. The summed E-state index contributed by atoms with van der Waals surface area (Å²) in [6.45, 7) is 8.63. The molecule has 3 aromatic rings. The molecule has 0 spiro atoms. The molecule has 1 N–H and O–H groups in total. The van der Waals surface area contributed by atoms with Crippen LogP contribution in [0.5, 0.6) is 0 Å². The van der Waals surface area contributed by atoms with Crippen molar-refractivity contribution in [2.75, 3.05) is 18.1 Å². The molecule has 0 atom stereocenters. The summed E-state index contributed by atoms with van der Waals surface area (Å²) in [5, 5.41) is 0. The summed E-state index contributed by atoms with van der Waals surface area (Å²) in [5.74, 6) is -0.406. The zero-order chi connectivity index (χ0) is 21.7. The molecule has 0 fully saturated rings. The van der Waals surface area contributed by atoms with Crippen LogP contribution in [0.15, 0.2) is 54.6 Å². The summed E-state index contributed by atoms with van der Waals surface area (Å²) in [5.41, 5.74) is 5.47. The van der Waals surface area contributed by atoms with E-state index in [0.29, 0.717) is 24.4 Å². The molecule has 156 valence electrons. The number of rotatable bonds is 7. The zero-order valence-electron chi connectivity index (χ0n) is 18.0. The molecule has 0 aliphatic rings. The molecule has 3 rings (SSSR count). The average Bonchev–Trinajstić information content (AvgIpc) is 3.06. The van der Waals surface area contributed by atoms with Crippen molar-refractivity contribution < 1.29 is 14.3 Å². The van der Waals surface area contributed by atoms with Crippen LogP contribution in [-0.4, -0.2) is 30.0 Å². The van der Waals surface area contributed by atoms with Crippen molar-refractivity contribution >= 4 is 17.6 Å². The number of ether oxygens (including phenoxy) is 1. The second kappa shape index (κ2) is 9.44. The molecule has 0 bridgehead atoms. The molecular weight excluding hydrogens is 376 g/mol. The first-order valence-corrected chi connectivity index (χ1v) is 10.3. The fraction of sp³-hybridized carbons (Fsp3) is 0.280. The standard InChI is InChI=1S/C25H28N2O3/c1-5-15-27(21-13-8-7-9-14-21)24(28)20-12-10-11-19(16-20)22-17(3)23(26-18(22)4)25(29)30-6-2/h7-14,16,26H,5-6,15H2,1-4H3. The van der Waals surface area contributed by atoms with Crippen LogP contribution in [0.3, 0.4) is 0 Å². The molecule has 30 heavy (non-hydrogen) atoms. The van der Waals surface area contributed by atoms with Crippen LogP contribution in [-0.2, 0) is 4.74 Å². The minimum atomic E-state index is -0.366. The molecule has 0 aliphatic carbocycles. The first-order valence-electron chi connectivity index (χ1n) is 10.3. The number of benzene rings is 2. The van der Waals surface area contributed by atoms with Gasteiger partial charge in [-0.3, -0.25) is 4.79 Å². The van der Waals surface area contributed by atoms with Gasteiger partial charge in [0, 0.05) is 29.1 Å². The molecule has 0 saturated carbocycles. The maximum atomic E-state index is 13.3. The number of carbonyl (C=O) groups is 2. The van der Waals surface area contributed by atoms with Crippen molar-refractivity contribution in [2.24, 2.45) is 0 Å². The molecule has 0 radical (unpaired) electrons. The minimum Gasteiger partial charge on any atom is -0.461 e. The van der Waals surface area contributed by atoms with E-state index < -0.39 is 0 Å². The number of carbonyl (C=O) groups excluding carboxylic acids is 2. The van der Waals surface area contributed by atoms with Crippen LogP contribution in [0.1, 0.15) is 52.4 Å². The Hall–Kier alpha value is -3.34. The third-order valence-corrected chi connectivity index (χ3v) is 5.08. The summed E-state index contributed by atoms with van der Waals surface area (Å²) in [6, 6.07) is 17.3. The van der Waals surface area contributed by atoms with E-state index in [1.54, 1.807) is 11.8 Å². The fourth-order valence-electron chi connectivity index (χ4n) is 3.73. The number of aromatic nitrogens is 1. The topological polar surface area (TPSA) is 62.4 Å². The Morgan fingerprint density at radius 3 is 2.40 bits per heavy atom. The second-order valence-corrected chi connectivity index (χ2v) is 7.22. The predicted octanol–water partition coefficient (Wildman–Crippen LogP) is 5.53. The maximum Gasteiger partial charge on any atom is 0.355 e. The fourth-order valence-corrected chi connectivity index (χ4v) is 3.73. The van der Waals surface area contributed by atoms with Crippen LogP contribution < -0.4 is 4.90 Å². The molecule has 1 amide bonds. The zero-order valence-corrected chi connectivity index (χ0v) is 18.0. The highest BCUT2D eigenvalue weighted by molar-refractivity contribution is 6.07. The molecule has 0 unspecified atom stereocenters. The van der Waals surface area contributed by atoms with Crippen molar-refractivity contribution in [1.82, 2.24) is 4.98 Å². The number of nitrogens with zero attached hydrogens (tertiary/aromatic N) is 1. The monoisotopic (exact) mass is 404 g/mol. The van der Waals surface area contributed by atoms with Crippen LogP contribution in [0, 0.1) is 13.8 Å². The van der Waals surface area contributed by atoms with Crippen molar-refractivity contribution in [2.45, 2.75) is 34.1 Å². The molecule has 5 heteroatoms. The molecule has 0 saturated heterocycles. The third-order valence-electron chi connectivity index (χ3n) is 5.08. The van der Waals surface area contributed by atoms with E-state index in [4.69, 9.17) is 4.74 Å². The number of hydrogen-bond donors (Lipinski definition) is 1. The highest BCUT2D eigenvalue weighted by Gasteiger charge is 2.21. The van der Waals surface area contributed by atoms with Gasteiger partial charge >= 0.3 is 5.97 Å². The summed E-state index contributed by atoms with van der Waals surface area (Å²) in [7, 11) is 0. The summed E-state index contributed by atoms with van der Waals surface area (Å²) in [4.78, 5) is 30.5. The number of aryl methyl sites for hydroxylation is 1. The van der Waals surface area contributed by atoms with Crippen LogP contribution in [0.4, 0.5) is 5.69 Å². The number of H-pyrrole nitrogens is 1. The Morgan fingerprint density at radius 2 is 1.73 bits per heavy atom. The van der Waals surface area contributed by atoms with Gasteiger partial charge in [0.1, 0.15) is 5.69 Å². The predicted molar refractivity (Wildman–Crippen MR) is 120 cm³/mol. The Labute approximate surface area is 177 Å². The van der Waals surface area contributed by atoms with Crippen LogP contribution in [0.2, 0.25) is 0 Å². The SMILES string of the molecule is CCCN(C(=O)c1cccc(-c2c(C)[nH]c(C(=O)OCC)c2C)c1)c1ccccc1. The van der Waals surface area contributed by atoms with E-state index in [0.717, 1.165) is 34.5 Å². The lowest BCUT2D eigenvalue weighted by Crippen LogP contribution is -2.31. The lowest BCUT2D eigenvalue weighted by Gasteiger charge is -2.22. The lowest BCUT2D eigenvalue weighted by atomic mass is 9.99. The molecule has 5 nitrogen and oxygen atoms in total. The van der Waals surface area contributed by atoms with Gasteiger partial charge in [0.15, 0.2) is 0 Å². The maximum absolute atomic E-state index is 13.3. The van der Waals surface area contributed by atoms with Crippen molar-refractivity contribution in [3.63, 3.8) is 0 Å². The largest absolute Gasteiger partial charge is 0.461 e. The highest BCUT2D eigenvalue weighted by atomic mass is 16.5. The molecule has 0 aliphatic heterocycles. The summed E-state index contributed by atoms with van der Waals surface area (Å²) in [6.07, 6.45) is 0.860. The van der Waals surface area contributed by atoms with Crippen molar-refractivity contribution in [3.8, 4) is 11.1 Å². The average molecular weight is 405 g/mol. The number of amides is 1. The Balaban J connectivity index is 1.99. The van der Waals surface area contributed by atoms with E-state index >= 15 is 0 Å². The number of nitrogens with one attached hydrogen (secondary N) is 1. The Kier molecular flexibility index (Phi) is 6.72. The van der Waals surface area contributed by atoms with Crippen LogP contribution in [0.25, 0.3) is 11.1 Å². The van der Waals surface area contributed by atoms with Gasteiger partial charge in [-0.15, -0.1) is 0 Å². The number of hydrogen-bond acceptors (Lipinski definition) is 3. The molecular formula is C25H28N2O3. The Morgan fingerprint density at radius 1 is 1.00 bits per heavy atom. The van der Waals surface area contributed by atoms with E-state index in [9.17, 15) is 9.59 Å². The van der Waals surface area contributed by atoms with Gasteiger partial charge in [0.25, 0.3) is 5.91 Å². The van der Waals surface area contributed by atoms with Crippen molar-refractivity contribution in [1.29, 1.82) is 0 Å². The van der Waals surface area contributed by atoms with E-state index in [1.165, 1.54) is 0 Å². The smallest absolute Gasteiger partial charge is 0.355 e. The molecule has 1 aromatic heterocycles. The van der Waals surface area contributed by atoms with Gasteiger partial charge in [0.2, 0.25) is 0 Å². The van der Waals surface area contributed by atoms with Gasteiger partial charge in [0.05, 0.1) is 6.61 Å². The van der Waals surface area contributed by atoms with Gasteiger partial charge in [-0.05, 0) is 62.6 Å². The first kappa shape index (κ1) is 21.4. The molecule has 2 aromatic carbocycles. The van der Waals surface area contributed by atoms with E-state index in [2.05, 4.69) is 11.9 Å². The van der Waals surface area contributed by atoms with E-state index in [-0.39, 0.29) is 11.9 Å². The Bertz CT molecular complexity index is 1040. The molecule has 1 heterocycles. The normalized spacial score (nSPS) is 10.7. The minimum absolute atomic E-state index is 0.0404. The number of para-hydroxylation sites is 1. The van der Waals surface area contributed by atoms with Gasteiger partial charge in [-0.2, -0.15) is 0 Å². The highest BCUT2D eigenvalue weighted by Crippen LogP contribution is 2.31. The van der Waals surface area contributed by atoms with Crippen molar-refractivity contribution in [3.05, 3.63) is 77.1 Å². The first-order chi connectivity index (χ1) is 14.5. The van der Waals surface area contributed by atoms with Crippen LogP contribution >= 0.6 is 0 Å². The summed E-state index contributed by atoms with van der Waals surface area (Å²) >= 11 is 0. The quantitative estimate of drug-likeness (QED) is 0.527. The van der Waals surface area contributed by atoms with Gasteiger partial charge in [-0.25, -0.2) is 4.79 Å². The summed E-state index contributed by atoms with van der Waals surface area (Å²) < 4.78 is 5.15. The lowest BCUT2D eigenvalue weighted by molar-refractivity contribution is 0.0519. The van der Waals surface area contributed by atoms with E-state index in [1.807, 2.05) is 68.4 Å². The van der Waals surface area contributed by atoms with Gasteiger partial charge < -0.3 is 14.6 Å².